The van der Waals surface area contributed by atoms with E-state index < -0.39 is 72.7 Å². The maximum atomic E-state index is 12.5. The van der Waals surface area contributed by atoms with Crippen LogP contribution in [0.5, 0.6) is 0 Å². The molecule has 5 unspecified atom stereocenters. The van der Waals surface area contributed by atoms with Crippen LogP contribution in [0.3, 0.4) is 0 Å². The Hall–Kier alpha value is -2.38. The first-order valence-electron chi connectivity index (χ1n) is 8.87. The van der Waals surface area contributed by atoms with E-state index in [0.717, 1.165) is 0 Å². The van der Waals surface area contributed by atoms with E-state index >= 15 is 0 Å². The van der Waals surface area contributed by atoms with Gasteiger partial charge < -0.3 is 37.6 Å². The molecule has 0 spiro atoms. The van der Waals surface area contributed by atoms with Gasteiger partial charge in [0.15, 0.2) is 0 Å². The van der Waals surface area contributed by atoms with Crippen molar-refractivity contribution in [2.45, 2.75) is 50.9 Å². The predicted molar refractivity (Wildman–Crippen MR) is 106 cm³/mol. The Morgan fingerprint density at radius 1 is 1.00 bits per heavy atom. The number of carbonyl (C=O) groups is 5. The molecule has 0 aromatic rings. The predicted octanol–water partition coefficient (Wildman–Crippen LogP) is -3.30. The van der Waals surface area contributed by atoms with Gasteiger partial charge in [0.25, 0.3) is 0 Å². The molecular weight excluding hydrogens is 406 g/mol. The number of rotatable bonds is 13. The van der Waals surface area contributed by atoms with Crippen LogP contribution < -0.4 is 27.4 Å². The zero-order chi connectivity index (χ0) is 22.7. The summed E-state index contributed by atoms with van der Waals surface area (Å²) in [6, 6.07) is -5.18. The van der Waals surface area contributed by atoms with Gasteiger partial charge in [-0.25, -0.2) is 4.79 Å². The molecule has 12 nitrogen and oxygen atoms in total. The Bertz CT molecular complexity index is 618. The van der Waals surface area contributed by atoms with Crippen LogP contribution in [0.25, 0.3) is 0 Å². The van der Waals surface area contributed by atoms with Crippen LogP contribution in [0.1, 0.15) is 26.7 Å². The summed E-state index contributed by atoms with van der Waals surface area (Å²) in [6.45, 7) is 2.72. The largest absolute Gasteiger partial charge is 0.480 e. The molecule has 0 saturated heterocycles. The number of primary amides is 1. The van der Waals surface area contributed by atoms with E-state index in [1.54, 1.807) is 13.8 Å². The van der Waals surface area contributed by atoms with Crippen LogP contribution in [-0.2, 0) is 24.0 Å². The van der Waals surface area contributed by atoms with Gasteiger partial charge in [0.2, 0.25) is 23.6 Å². The topological polar surface area (TPSA) is 214 Å². The highest BCUT2D eigenvalue weighted by Gasteiger charge is 2.32. The Morgan fingerprint density at radius 3 is 1.93 bits per heavy atom. The van der Waals surface area contributed by atoms with Crippen molar-refractivity contribution in [2.75, 3.05) is 12.4 Å². The normalized spacial score (nSPS) is 15.9. The van der Waals surface area contributed by atoms with Gasteiger partial charge in [-0.1, -0.05) is 20.3 Å². The number of carbonyl (C=O) groups excluding carboxylic acids is 4. The number of nitrogens with two attached hydrogens (primary N) is 2. The summed E-state index contributed by atoms with van der Waals surface area (Å²) in [7, 11) is 0. The van der Waals surface area contributed by atoms with Crippen LogP contribution in [0, 0.1) is 5.92 Å². The summed E-state index contributed by atoms with van der Waals surface area (Å²) >= 11 is 3.94. The lowest BCUT2D eigenvalue weighted by Crippen LogP contribution is -2.59. The van der Waals surface area contributed by atoms with Crippen LogP contribution in [0.2, 0.25) is 0 Å². The minimum absolute atomic E-state index is 0.175. The van der Waals surface area contributed by atoms with Crippen LogP contribution in [0.15, 0.2) is 0 Å². The first kappa shape index (κ1) is 26.6. The van der Waals surface area contributed by atoms with Gasteiger partial charge in [-0.3, -0.25) is 19.2 Å². The number of hydrogen-bond acceptors (Lipinski definition) is 8. The highest BCUT2D eigenvalue weighted by atomic mass is 32.1. The Balaban J connectivity index is 5.32. The monoisotopic (exact) mass is 435 g/mol. The molecule has 4 amide bonds. The van der Waals surface area contributed by atoms with Crippen molar-refractivity contribution >= 4 is 42.2 Å². The summed E-state index contributed by atoms with van der Waals surface area (Å²) in [5.74, 6) is -5.36. The van der Waals surface area contributed by atoms with Crippen molar-refractivity contribution in [3.63, 3.8) is 0 Å². The van der Waals surface area contributed by atoms with Crippen molar-refractivity contribution in [3.05, 3.63) is 0 Å². The van der Waals surface area contributed by atoms with E-state index in [0.29, 0.717) is 6.42 Å². The summed E-state index contributed by atoms with van der Waals surface area (Å²) in [4.78, 5) is 59.3. The average molecular weight is 436 g/mol. The fraction of sp³-hybridized carbons (Fsp3) is 0.688. The Kier molecular flexibility index (Phi) is 11.9. The summed E-state index contributed by atoms with van der Waals surface area (Å²) in [6.07, 6.45) is -0.128. The zero-order valence-electron chi connectivity index (χ0n) is 16.3. The lowest BCUT2D eigenvalue weighted by molar-refractivity contribution is -0.144. The second-order valence-corrected chi connectivity index (χ2v) is 6.84. The molecule has 0 radical (unpaired) electrons. The molecule has 0 rings (SSSR count). The third-order valence-electron chi connectivity index (χ3n) is 4.16. The Morgan fingerprint density at radius 2 is 1.52 bits per heavy atom. The number of aliphatic hydroxyl groups excluding tert-OH is 1. The van der Waals surface area contributed by atoms with Gasteiger partial charge in [-0.2, -0.15) is 12.6 Å². The average Bonchev–Trinajstić information content (AvgIpc) is 2.66. The van der Waals surface area contributed by atoms with Crippen molar-refractivity contribution in [1.82, 2.24) is 16.0 Å². The molecule has 0 bridgehead atoms. The molecule has 0 heterocycles. The van der Waals surface area contributed by atoms with Gasteiger partial charge in [-0.15, -0.1) is 0 Å². The highest BCUT2D eigenvalue weighted by molar-refractivity contribution is 7.80. The molecule has 0 aromatic carbocycles. The molecule has 9 N–H and O–H groups in total. The van der Waals surface area contributed by atoms with Crippen molar-refractivity contribution in [1.29, 1.82) is 0 Å². The summed E-state index contributed by atoms with van der Waals surface area (Å²) in [5, 5.41) is 24.9. The number of carboxylic acids is 1. The molecule has 0 aliphatic rings. The number of carboxylic acid groups (broad SMARTS) is 1. The lowest BCUT2D eigenvalue weighted by atomic mass is 9.98. The van der Waals surface area contributed by atoms with Crippen LogP contribution in [0.4, 0.5) is 0 Å². The molecule has 166 valence electrons. The first-order chi connectivity index (χ1) is 13.5. The number of amides is 4. The Labute approximate surface area is 173 Å². The van der Waals surface area contributed by atoms with E-state index in [4.69, 9.17) is 16.6 Å². The van der Waals surface area contributed by atoms with Crippen LogP contribution >= 0.6 is 12.6 Å². The van der Waals surface area contributed by atoms with Crippen molar-refractivity contribution < 1.29 is 34.2 Å². The smallest absolute Gasteiger partial charge is 0.326 e. The number of aliphatic hydroxyl groups is 1. The molecule has 0 aromatic heterocycles. The fourth-order valence-corrected chi connectivity index (χ4v) is 2.43. The van der Waals surface area contributed by atoms with E-state index in [1.165, 1.54) is 0 Å². The third-order valence-corrected chi connectivity index (χ3v) is 4.53. The molecule has 13 heteroatoms. The molecule has 29 heavy (non-hydrogen) atoms. The van der Waals surface area contributed by atoms with E-state index in [2.05, 4.69) is 28.6 Å². The number of aliphatic carboxylic acids is 1. The number of hydrogen-bond donors (Lipinski definition) is 8. The van der Waals surface area contributed by atoms with Crippen LogP contribution in [-0.4, -0.2) is 76.3 Å². The second-order valence-electron chi connectivity index (χ2n) is 6.47. The minimum Gasteiger partial charge on any atom is -0.480 e. The second kappa shape index (κ2) is 13.0. The van der Waals surface area contributed by atoms with E-state index in [9.17, 15) is 29.1 Å². The molecule has 5 atom stereocenters. The fourth-order valence-electron chi connectivity index (χ4n) is 2.18. The quantitative estimate of drug-likeness (QED) is 0.137. The number of nitrogens with one attached hydrogen (secondary N) is 3. The van der Waals surface area contributed by atoms with Gasteiger partial charge in [-0.05, 0) is 5.92 Å². The van der Waals surface area contributed by atoms with Gasteiger partial charge in [0.1, 0.15) is 24.2 Å². The SMILES string of the molecule is CCC(C)C(NC(=O)C(CC(N)=O)NC(=O)C(CS)NC(=O)C(N)CO)C(=O)O. The minimum atomic E-state index is -1.46. The highest BCUT2D eigenvalue weighted by Crippen LogP contribution is 2.09. The molecule has 0 fully saturated rings. The standard InChI is InChI=1S/C16H29N5O7S/c1-3-7(2)12(16(27)28)21-14(25)9(4-11(18)23)19-15(26)10(6-29)20-13(24)8(17)5-22/h7-10,12,22,29H,3-6,17H2,1-2H3,(H2,18,23)(H,19,26)(H,20,24)(H,21,25)(H,27,28). The maximum absolute atomic E-state index is 12.5. The van der Waals surface area contributed by atoms with Crippen molar-refractivity contribution in [2.24, 2.45) is 17.4 Å². The maximum Gasteiger partial charge on any atom is 0.326 e. The first-order valence-corrected chi connectivity index (χ1v) is 9.51. The molecule has 0 saturated carbocycles. The van der Waals surface area contributed by atoms with E-state index in [-0.39, 0.29) is 5.75 Å². The third kappa shape index (κ3) is 9.11. The van der Waals surface area contributed by atoms with Gasteiger partial charge in [0.05, 0.1) is 13.0 Å². The summed E-state index contributed by atoms with van der Waals surface area (Å²) < 4.78 is 0. The molecular formula is C16H29N5O7S. The van der Waals surface area contributed by atoms with Gasteiger partial charge >= 0.3 is 5.97 Å². The van der Waals surface area contributed by atoms with E-state index in [1.807, 2.05) is 0 Å². The molecule has 0 aliphatic heterocycles. The number of thiol groups is 1. The lowest BCUT2D eigenvalue weighted by Gasteiger charge is -2.25. The molecule has 0 aliphatic carbocycles. The van der Waals surface area contributed by atoms with Gasteiger partial charge in [0, 0.05) is 5.75 Å². The van der Waals surface area contributed by atoms with Crippen molar-refractivity contribution in [3.8, 4) is 0 Å². The zero-order valence-corrected chi connectivity index (χ0v) is 17.1. The summed E-state index contributed by atoms with van der Waals surface area (Å²) in [5.41, 5.74) is 10.5.